The number of carboxylic acid groups (broad SMARTS) is 1. The van der Waals surface area contributed by atoms with Crippen molar-refractivity contribution in [3.8, 4) is 0 Å². The lowest BCUT2D eigenvalue weighted by molar-refractivity contribution is -0.883. The molecular formula is C58H112Cl2N2O14. The standard InChI is InChI=1S/C30H56NO7.C26H47NO7.2CH4.2ClH/c1-6-9-16-21-27(38-30(35)25-31(4,5)23-24-37-28(33)19-7-2)26(32)20-17-14-12-10-11-13-15-18-22-29(34)36-8-3;1-5-6-13-17-24(34-26(32)21-27(3,4)19-20-33-22(2)28)23(29)16-14-11-9-7-8-10-12-15-18-25(30)31;;;;/h14,17,26-27,32H,6-13,15-16,18-25H2,1-5H3;11,14,23-24,29H,5-10,12-13,15-21H2,1-4H3;2*1H4;2*1H/q+1;;;;;/p-1/b17-14-;14-11-;;;;. The van der Waals surface area contributed by atoms with Gasteiger partial charge in [0, 0.05) is 26.2 Å². The number of hydrogen-bond donors (Lipinski definition) is 3. The van der Waals surface area contributed by atoms with Crippen molar-refractivity contribution in [2.24, 2.45) is 0 Å². The third-order valence-electron chi connectivity index (χ3n) is 12.0. The molecule has 0 amide bonds. The summed E-state index contributed by atoms with van der Waals surface area (Å²) in [7, 11) is 7.56. The lowest BCUT2D eigenvalue weighted by atomic mass is 10.0. The highest BCUT2D eigenvalue weighted by molar-refractivity contribution is 5.71. The van der Waals surface area contributed by atoms with E-state index in [4.69, 9.17) is 28.8 Å². The number of allylic oxidation sites excluding steroid dienone is 2. The molecule has 0 aliphatic carbocycles. The number of carbonyl (C=O) groups excluding carboxylic acids is 5. The zero-order chi connectivity index (χ0) is 54.5. The monoisotopic (exact) mass is 1130 g/mol. The van der Waals surface area contributed by atoms with Gasteiger partial charge in [0.15, 0.2) is 13.1 Å². The summed E-state index contributed by atoms with van der Waals surface area (Å²) in [6.07, 6.45) is 27.4. The first-order chi connectivity index (χ1) is 34.2. The predicted octanol–water partition coefficient (Wildman–Crippen LogP) is 5.02. The van der Waals surface area contributed by atoms with Gasteiger partial charge in [-0.1, -0.05) is 124 Å². The van der Waals surface area contributed by atoms with Gasteiger partial charge in [0.2, 0.25) is 0 Å². The van der Waals surface area contributed by atoms with E-state index in [-0.39, 0.29) is 102 Å². The minimum atomic E-state index is -0.746. The number of unbranched alkanes of at least 4 members (excludes halogenated alkanes) is 14. The number of quaternary nitrogens is 2. The molecular weight excluding hydrogens is 1020 g/mol. The molecule has 0 rings (SSSR count). The van der Waals surface area contributed by atoms with Gasteiger partial charge in [-0.05, 0) is 90.4 Å². The summed E-state index contributed by atoms with van der Waals surface area (Å²) in [5.74, 6) is -2.11. The van der Waals surface area contributed by atoms with Gasteiger partial charge < -0.3 is 72.8 Å². The largest absolute Gasteiger partial charge is 1.00 e. The van der Waals surface area contributed by atoms with Gasteiger partial charge in [-0.15, -0.1) is 0 Å². The molecule has 0 aromatic carbocycles. The Hall–Kier alpha value is -3.28. The topological polar surface area (TPSA) is 209 Å². The lowest BCUT2D eigenvalue weighted by Crippen LogP contribution is -3.00. The molecule has 18 heteroatoms. The van der Waals surface area contributed by atoms with Gasteiger partial charge in [-0.3, -0.25) is 19.2 Å². The van der Waals surface area contributed by atoms with Crippen molar-refractivity contribution >= 4 is 35.8 Å². The number of esters is 5. The number of rotatable bonds is 45. The Balaban J connectivity index is -0.000000308. The van der Waals surface area contributed by atoms with E-state index in [1.807, 2.05) is 54.2 Å². The number of hydrogen-bond acceptors (Lipinski definition) is 13. The van der Waals surface area contributed by atoms with Crippen LogP contribution in [0.5, 0.6) is 0 Å². The Bertz CT molecular complexity index is 1500. The highest BCUT2D eigenvalue weighted by Gasteiger charge is 2.29. The molecule has 0 saturated heterocycles. The van der Waals surface area contributed by atoms with Crippen molar-refractivity contribution in [2.45, 2.75) is 241 Å². The van der Waals surface area contributed by atoms with Crippen molar-refractivity contribution < 1.29 is 102 Å². The molecule has 16 nitrogen and oxygen atoms in total. The van der Waals surface area contributed by atoms with E-state index in [0.717, 1.165) is 122 Å². The highest BCUT2D eigenvalue weighted by atomic mass is 35.5. The number of nitrogens with zero attached hydrogens (tertiary/aromatic N) is 2. The summed E-state index contributed by atoms with van der Waals surface area (Å²) < 4.78 is 27.2. The van der Waals surface area contributed by atoms with Crippen LogP contribution in [0.1, 0.15) is 216 Å². The first kappa shape index (κ1) is 84.0. The first-order valence-corrected chi connectivity index (χ1v) is 27.6. The SMILES string of the molecule is C.C.CCCCCC(OC(=O)C[N+](C)(C)CCOC(=O)CCC)C(O)C/C=C\CCCCCCCC(=O)OCC.CCCCCC(OC(=O)C[N+](C)(C)CCOC(C)=O)C(O)C/C=C\CCCCCCCC(=O)O.[Cl-].[Cl-]. The Morgan fingerprint density at radius 3 is 1.26 bits per heavy atom. The molecule has 0 aromatic heterocycles. The molecule has 0 aliphatic heterocycles. The van der Waals surface area contributed by atoms with Crippen LogP contribution in [0.3, 0.4) is 0 Å². The van der Waals surface area contributed by atoms with E-state index >= 15 is 0 Å². The van der Waals surface area contributed by atoms with E-state index in [1.54, 1.807) is 0 Å². The summed E-state index contributed by atoms with van der Waals surface area (Å²) in [5, 5.41) is 30.1. The van der Waals surface area contributed by atoms with Gasteiger partial charge in [-0.25, -0.2) is 9.59 Å². The number of aliphatic hydroxyl groups excluding tert-OH is 2. The summed E-state index contributed by atoms with van der Waals surface area (Å²) in [6.45, 7) is 11.6. The molecule has 0 aromatic rings. The zero-order valence-electron chi connectivity index (χ0n) is 47.4. The van der Waals surface area contributed by atoms with Crippen LogP contribution < -0.4 is 24.8 Å². The number of likely N-dealkylation sites (N-methyl/N-ethyl adjacent to an activating group) is 2. The molecule has 4 unspecified atom stereocenters. The molecule has 0 saturated carbocycles. The quantitative estimate of drug-likeness (QED) is 0.0241. The smallest absolute Gasteiger partial charge is 0.362 e. The lowest BCUT2D eigenvalue weighted by Gasteiger charge is -2.30. The van der Waals surface area contributed by atoms with Crippen molar-refractivity contribution in [3.05, 3.63) is 24.3 Å². The van der Waals surface area contributed by atoms with E-state index in [0.29, 0.717) is 67.2 Å². The van der Waals surface area contributed by atoms with E-state index in [2.05, 4.69) is 26.0 Å². The third-order valence-corrected chi connectivity index (χ3v) is 12.0. The molecule has 4 atom stereocenters. The van der Waals surface area contributed by atoms with Crippen LogP contribution in [0, 0.1) is 0 Å². The number of carboxylic acids is 1. The Morgan fingerprint density at radius 1 is 0.474 bits per heavy atom. The number of ether oxygens (including phenoxy) is 5. The summed E-state index contributed by atoms with van der Waals surface area (Å²) >= 11 is 0. The Morgan fingerprint density at radius 2 is 0.868 bits per heavy atom. The minimum Gasteiger partial charge on any atom is -1.00 e. The molecule has 3 N–H and O–H groups in total. The maximum Gasteiger partial charge on any atom is 0.362 e. The average molecular weight is 1130 g/mol. The van der Waals surface area contributed by atoms with Crippen molar-refractivity contribution in [3.63, 3.8) is 0 Å². The summed E-state index contributed by atoms with van der Waals surface area (Å²) in [4.78, 5) is 69.6. The fourth-order valence-corrected chi connectivity index (χ4v) is 7.61. The average Bonchev–Trinajstić information content (AvgIpc) is 3.29. The second-order valence-corrected chi connectivity index (χ2v) is 20.4. The van der Waals surface area contributed by atoms with Crippen LogP contribution >= 0.6 is 0 Å². The van der Waals surface area contributed by atoms with Gasteiger partial charge in [0.05, 0.1) is 47.0 Å². The molecule has 0 spiro atoms. The van der Waals surface area contributed by atoms with E-state index in [9.17, 15) is 39.0 Å². The van der Waals surface area contributed by atoms with Gasteiger partial charge in [-0.2, -0.15) is 0 Å². The first-order valence-electron chi connectivity index (χ1n) is 27.6. The summed E-state index contributed by atoms with van der Waals surface area (Å²) in [6, 6.07) is 0. The van der Waals surface area contributed by atoms with Crippen LogP contribution in [-0.4, -0.2) is 159 Å². The molecule has 452 valence electrons. The third kappa shape index (κ3) is 55.5. The zero-order valence-corrected chi connectivity index (χ0v) is 48.9. The van der Waals surface area contributed by atoms with Crippen molar-refractivity contribution in [1.29, 1.82) is 0 Å². The molecule has 76 heavy (non-hydrogen) atoms. The Kier molecular flexibility index (Phi) is 60.9. The molecule has 0 fully saturated rings. The normalized spacial score (nSPS) is 12.7. The molecule has 0 radical (unpaired) electrons. The van der Waals surface area contributed by atoms with Crippen LogP contribution in [0.2, 0.25) is 0 Å². The number of carbonyl (C=O) groups is 6. The van der Waals surface area contributed by atoms with Crippen LogP contribution in [-0.2, 0) is 52.5 Å². The number of halogens is 2. The van der Waals surface area contributed by atoms with Gasteiger partial charge >= 0.3 is 35.8 Å². The maximum atomic E-state index is 12.7. The Labute approximate surface area is 474 Å². The summed E-state index contributed by atoms with van der Waals surface area (Å²) in [5.41, 5.74) is 0. The number of aliphatic hydroxyl groups is 2. The minimum absolute atomic E-state index is 0. The second-order valence-electron chi connectivity index (χ2n) is 20.4. The number of aliphatic carboxylic acids is 1. The fraction of sp³-hybridized carbons (Fsp3) is 0.828. The highest BCUT2D eigenvalue weighted by Crippen LogP contribution is 2.18. The predicted molar refractivity (Wildman–Crippen MR) is 296 cm³/mol. The second kappa shape index (κ2) is 55.1. The van der Waals surface area contributed by atoms with Crippen LogP contribution in [0.4, 0.5) is 0 Å². The van der Waals surface area contributed by atoms with Crippen molar-refractivity contribution in [2.75, 3.05) is 74.2 Å². The van der Waals surface area contributed by atoms with Crippen LogP contribution in [0.15, 0.2) is 24.3 Å². The van der Waals surface area contributed by atoms with Crippen molar-refractivity contribution in [1.82, 2.24) is 0 Å². The van der Waals surface area contributed by atoms with Crippen LogP contribution in [0.25, 0.3) is 0 Å². The van der Waals surface area contributed by atoms with Gasteiger partial charge in [0.25, 0.3) is 0 Å². The molecule has 0 aliphatic rings. The molecule has 0 bridgehead atoms. The fourth-order valence-electron chi connectivity index (χ4n) is 7.61. The molecule has 0 heterocycles. The van der Waals surface area contributed by atoms with E-state index < -0.39 is 30.4 Å². The van der Waals surface area contributed by atoms with E-state index in [1.165, 1.54) is 6.92 Å². The van der Waals surface area contributed by atoms with Gasteiger partial charge in [0.1, 0.15) is 38.5 Å². The maximum absolute atomic E-state index is 12.7.